The molecule has 1 aromatic carbocycles. The van der Waals surface area contributed by atoms with Gasteiger partial charge in [0, 0.05) is 18.2 Å². The Kier molecular flexibility index (Phi) is 6.87. The van der Waals surface area contributed by atoms with E-state index in [1.54, 1.807) is 31.2 Å². The number of carbonyl (C=O) groups excluding carboxylic acids is 2. The number of esters is 1. The molecule has 126 valence electrons. The van der Waals surface area contributed by atoms with Crippen molar-refractivity contribution in [2.24, 2.45) is 5.92 Å². The number of hydrogen-bond acceptors (Lipinski definition) is 5. The summed E-state index contributed by atoms with van der Waals surface area (Å²) in [6, 6.07) is 7.01. The van der Waals surface area contributed by atoms with Gasteiger partial charge in [-0.3, -0.25) is 4.79 Å². The number of ether oxygens (including phenoxy) is 2. The fraction of sp³-hybridized carbons (Fsp3) is 0.529. The van der Waals surface area contributed by atoms with Gasteiger partial charge in [0.05, 0.1) is 6.61 Å². The van der Waals surface area contributed by atoms with E-state index in [1.807, 2.05) is 0 Å². The minimum atomic E-state index is -0.410. The molecule has 0 spiro atoms. The van der Waals surface area contributed by atoms with E-state index in [0.29, 0.717) is 30.4 Å². The maximum atomic E-state index is 12.0. The summed E-state index contributed by atoms with van der Waals surface area (Å²) in [4.78, 5) is 23.3. The highest BCUT2D eigenvalue weighted by molar-refractivity contribution is 5.90. The van der Waals surface area contributed by atoms with Crippen LogP contribution in [0.3, 0.4) is 0 Å². The third-order valence-electron chi connectivity index (χ3n) is 3.72. The number of benzene rings is 1. The first-order valence-electron chi connectivity index (χ1n) is 8.06. The molecular weight excluding hydrogens is 296 g/mol. The van der Waals surface area contributed by atoms with Crippen molar-refractivity contribution in [3.05, 3.63) is 24.3 Å². The summed E-state index contributed by atoms with van der Waals surface area (Å²) in [5.41, 5.74) is 0.668. The molecule has 1 amide bonds. The molecule has 1 heterocycles. The fourth-order valence-electron chi connectivity index (χ4n) is 2.53. The molecule has 0 radical (unpaired) electrons. The molecule has 2 rings (SSSR count). The summed E-state index contributed by atoms with van der Waals surface area (Å²) in [5, 5.41) is 6.16. The molecule has 1 aromatic rings. The number of carbonyl (C=O) groups is 2. The summed E-state index contributed by atoms with van der Waals surface area (Å²) < 4.78 is 10.1. The lowest BCUT2D eigenvalue weighted by atomic mass is 10.0. The smallest absolute Gasteiger partial charge is 0.344 e. The number of rotatable bonds is 8. The molecule has 1 unspecified atom stereocenters. The van der Waals surface area contributed by atoms with E-state index in [-0.39, 0.29) is 12.5 Å². The lowest BCUT2D eigenvalue weighted by Gasteiger charge is -2.10. The maximum absolute atomic E-state index is 12.0. The van der Waals surface area contributed by atoms with Crippen molar-refractivity contribution in [2.75, 3.05) is 31.6 Å². The first kappa shape index (κ1) is 17.3. The van der Waals surface area contributed by atoms with Gasteiger partial charge in [-0.2, -0.15) is 0 Å². The van der Waals surface area contributed by atoms with Gasteiger partial charge in [0.1, 0.15) is 5.75 Å². The van der Waals surface area contributed by atoms with Crippen LogP contribution in [0.4, 0.5) is 5.69 Å². The number of hydrogen-bond donors (Lipinski definition) is 2. The van der Waals surface area contributed by atoms with Crippen LogP contribution in [0.1, 0.15) is 26.2 Å². The molecule has 0 aliphatic carbocycles. The van der Waals surface area contributed by atoms with Gasteiger partial charge in [0.2, 0.25) is 5.91 Å². The highest BCUT2D eigenvalue weighted by Gasteiger charge is 2.15. The molecule has 0 saturated carbocycles. The minimum Gasteiger partial charge on any atom is -0.482 e. The van der Waals surface area contributed by atoms with E-state index in [2.05, 4.69) is 10.6 Å². The van der Waals surface area contributed by atoms with Crippen LogP contribution in [0.2, 0.25) is 0 Å². The SMILES string of the molecule is CCOC(=O)COc1cccc(NC(=O)CCC2CCNC2)c1. The number of anilines is 1. The Morgan fingerprint density at radius 1 is 1.39 bits per heavy atom. The number of nitrogens with one attached hydrogen (secondary N) is 2. The van der Waals surface area contributed by atoms with Crippen molar-refractivity contribution >= 4 is 17.6 Å². The monoisotopic (exact) mass is 320 g/mol. The molecule has 0 aromatic heterocycles. The van der Waals surface area contributed by atoms with Crippen LogP contribution in [0.25, 0.3) is 0 Å². The van der Waals surface area contributed by atoms with Crippen molar-refractivity contribution in [1.82, 2.24) is 5.32 Å². The summed E-state index contributed by atoms with van der Waals surface area (Å²) in [5.74, 6) is 0.711. The van der Waals surface area contributed by atoms with Crippen LogP contribution < -0.4 is 15.4 Å². The second-order valence-electron chi connectivity index (χ2n) is 5.57. The quantitative estimate of drug-likeness (QED) is 0.716. The molecule has 1 aliphatic heterocycles. The molecule has 1 aliphatic rings. The van der Waals surface area contributed by atoms with Gasteiger partial charge in [0.15, 0.2) is 6.61 Å². The normalized spacial score (nSPS) is 16.8. The van der Waals surface area contributed by atoms with Gasteiger partial charge in [-0.15, -0.1) is 0 Å². The zero-order valence-corrected chi connectivity index (χ0v) is 13.5. The zero-order chi connectivity index (χ0) is 16.5. The second-order valence-corrected chi connectivity index (χ2v) is 5.57. The fourth-order valence-corrected chi connectivity index (χ4v) is 2.53. The second kappa shape index (κ2) is 9.15. The van der Waals surface area contributed by atoms with Crippen LogP contribution in [-0.2, 0) is 14.3 Å². The summed E-state index contributed by atoms with van der Waals surface area (Å²) >= 11 is 0. The maximum Gasteiger partial charge on any atom is 0.344 e. The predicted octanol–water partition coefficient (Wildman–Crippen LogP) is 1.96. The van der Waals surface area contributed by atoms with Crippen LogP contribution in [0.15, 0.2) is 24.3 Å². The van der Waals surface area contributed by atoms with Gasteiger partial charge in [-0.25, -0.2) is 4.79 Å². The Bertz CT molecular complexity index is 527. The van der Waals surface area contributed by atoms with Crippen molar-refractivity contribution in [3.8, 4) is 5.75 Å². The van der Waals surface area contributed by atoms with E-state index >= 15 is 0 Å². The van der Waals surface area contributed by atoms with E-state index < -0.39 is 5.97 Å². The third kappa shape index (κ3) is 6.28. The molecule has 1 fully saturated rings. The van der Waals surface area contributed by atoms with Gasteiger partial charge >= 0.3 is 5.97 Å². The van der Waals surface area contributed by atoms with Crippen LogP contribution >= 0.6 is 0 Å². The van der Waals surface area contributed by atoms with Gasteiger partial charge in [-0.1, -0.05) is 6.07 Å². The highest BCUT2D eigenvalue weighted by atomic mass is 16.6. The highest BCUT2D eigenvalue weighted by Crippen LogP contribution is 2.19. The van der Waals surface area contributed by atoms with E-state index in [1.165, 1.54) is 0 Å². The largest absolute Gasteiger partial charge is 0.482 e. The molecule has 0 bridgehead atoms. The molecule has 6 heteroatoms. The lowest BCUT2D eigenvalue weighted by Crippen LogP contribution is -2.16. The zero-order valence-electron chi connectivity index (χ0n) is 13.5. The van der Waals surface area contributed by atoms with Crippen LogP contribution in [-0.4, -0.2) is 38.2 Å². The molecule has 2 N–H and O–H groups in total. The summed E-state index contributed by atoms with van der Waals surface area (Å²) in [6.07, 6.45) is 2.56. The van der Waals surface area contributed by atoms with E-state index in [0.717, 1.165) is 25.9 Å². The first-order valence-corrected chi connectivity index (χ1v) is 8.06. The summed E-state index contributed by atoms with van der Waals surface area (Å²) in [6.45, 7) is 3.99. The lowest BCUT2D eigenvalue weighted by molar-refractivity contribution is -0.145. The Hall–Kier alpha value is -2.08. The van der Waals surface area contributed by atoms with Crippen LogP contribution in [0, 0.1) is 5.92 Å². The Labute approximate surface area is 136 Å². The molecule has 6 nitrogen and oxygen atoms in total. The average Bonchev–Trinajstić information content (AvgIpc) is 3.05. The Morgan fingerprint density at radius 3 is 3.00 bits per heavy atom. The van der Waals surface area contributed by atoms with E-state index in [4.69, 9.17) is 9.47 Å². The predicted molar refractivity (Wildman–Crippen MR) is 87.4 cm³/mol. The van der Waals surface area contributed by atoms with Gasteiger partial charge < -0.3 is 20.1 Å². The standard InChI is InChI=1S/C17H24N2O4/c1-2-22-17(21)12-23-15-5-3-4-14(10-15)19-16(20)7-6-13-8-9-18-11-13/h3-5,10,13,18H,2,6-9,11-12H2,1H3,(H,19,20). The molecular formula is C17H24N2O4. The van der Waals surface area contributed by atoms with Gasteiger partial charge in [0.25, 0.3) is 0 Å². The first-order chi connectivity index (χ1) is 11.2. The van der Waals surface area contributed by atoms with Crippen LogP contribution in [0.5, 0.6) is 5.75 Å². The Morgan fingerprint density at radius 2 is 2.26 bits per heavy atom. The Balaban J connectivity index is 1.76. The van der Waals surface area contributed by atoms with Gasteiger partial charge in [-0.05, 0) is 50.9 Å². The number of amides is 1. The topological polar surface area (TPSA) is 76.7 Å². The third-order valence-corrected chi connectivity index (χ3v) is 3.72. The van der Waals surface area contributed by atoms with Crippen molar-refractivity contribution < 1.29 is 19.1 Å². The average molecular weight is 320 g/mol. The van der Waals surface area contributed by atoms with Crippen molar-refractivity contribution in [1.29, 1.82) is 0 Å². The minimum absolute atomic E-state index is 0.000516. The van der Waals surface area contributed by atoms with Crippen molar-refractivity contribution in [2.45, 2.75) is 26.2 Å². The van der Waals surface area contributed by atoms with Crippen molar-refractivity contribution in [3.63, 3.8) is 0 Å². The summed E-state index contributed by atoms with van der Waals surface area (Å²) in [7, 11) is 0. The molecule has 23 heavy (non-hydrogen) atoms. The van der Waals surface area contributed by atoms with E-state index in [9.17, 15) is 9.59 Å². The molecule has 1 atom stereocenters. The molecule has 1 saturated heterocycles.